The fourth-order valence-electron chi connectivity index (χ4n) is 1.92. The molecule has 0 bridgehead atoms. The molecule has 0 spiro atoms. The molecule has 0 aromatic heterocycles. The number of nitrogens with one attached hydrogen (secondary N) is 1. The minimum atomic E-state index is -0.978. The second-order valence-electron chi connectivity index (χ2n) is 4.53. The van der Waals surface area contributed by atoms with Crippen molar-refractivity contribution in [3.05, 3.63) is 11.8 Å². The molecule has 0 aromatic carbocycles. The second kappa shape index (κ2) is 4.24. The van der Waals surface area contributed by atoms with Crippen molar-refractivity contribution in [1.82, 2.24) is 5.32 Å². The van der Waals surface area contributed by atoms with Crippen molar-refractivity contribution >= 4 is 8.07 Å². The molecule has 1 unspecified atom stereocenters. The van der Waals surface area contributed by atoms with Crippen molar-refractivity contribution < 1.29 is 0 Å². The summed E-state index contributed by atoms with van der Waals surface area (Å²) in [6.45, 7) is 9.54. The lowest BCUT2D eigenvalue weighted by atomic mass is 10.1. The van der Waals surface area contributed by atoms with E-state index in [9.17, 15) is 0 Å². The fraction of sp³-hybridized carbons (Fsp3) is 0.800. The Labute approximate surface area is 77.3 Å². The van der Waals surface area contributed by atoms with Crippen LogP contribution in [0.3, 0.4) is 0 Å². The average Bonchev–Trinajstić information content (AvgIpc) is 1.97. The Kier molecular flexibility index (Phi) is 3.53. The third kappa shape index (κ3) is 3.11. The molecule has 70 valence electrons. The molecule has 1 nitrogen and oxygen atoms in total. The van der Waals surface area contributed by atoms with Gasteiger partial charge in [0.15, 0.2) is 0 Å². The van der Waals surface area contributed by atoms with Gasteiger partial charge in [0.25, 0.3) is 0 Å². The molecule has 1 N–H and O–H groups in total. The van der Waals surface area contributed by atoms with E-state index in [4.69, 9.17) is 0 Å². The maximum Gasteiger partial charge on any atom is 0.0717 e. The Bertz CT molecular complexity index is 163. The van der Waals surface area contributed by atoms with Gasteiger partial charge in [-0.3, -0.25) is 0 Å². The summed E-state index contributed by atoms with van der Waals surface area (Å²) < 4.78 is 0. The first-order valence-electron chi connectivity index (χ1n) is 5.02. The Morgan fingerprint density at radius 2 is 2.25 bits per heavy atom. The second-order valence-corrected chi connectivity index (χ2v) is 9.25. The lowest BCUT2D eigenvalue weighted by Gasteiger charge is -2.26. The van der Waals surface area contributed by atoms with Gasteiger partial charge in [0.1, 0.15) is 0 Å². The molecule has 0 aromatic rings. The normalized spacial score (nSPS) is 32.1. The van der Waals surface area contributed by atoms with E-state index in [1.54, 1.807) is 0 Å². The minimum absolute atomic E-state index is 0.914. The summed E-state index contributed by atoms with van der Waals surface area (Å²) in [5, 5.41) is 3.46. The van der Waals surface area contributed by atoms with Crippen molar-refractivity contribution in [3.63, 3.8) is 0 Å². The highest BCUT2D eigenvalue weighted by Crippen LogP contribution is 2.21. The standard InChI is InChI=1S/C10H21NSi/c1-4-10-8-11-6-5-7-12(2,3)9-10/h5,7,10-11H,4,6,8-9H2,1-3H3/b7-5-. The molecule has 0 aliphatic carbocycles. The van der Waals surface area contributed by atoms with E-state index >= 15 is 0 Å². The summed E-state index contributed by atoms with van der Waals surface area (Å²) >= 11 is 0. The van der Waals surface area contributed by atoms with Crippen LogP contribution in [-0.2, 0) is 0 Å². The smallest absolute Gasteiger partial charge is 0.0717 e. The Morgan fingerprint density at radius 1 is 1.50 bits per heavy atom. The van der Waals surface area contributed by atoms with Gasteiger partial charge in [0.2, 0.25) is 0 Å². The Hall–Kier alpha value is -0.0831. The summed E-state index contributed by atoms with van der Waals surface area (Å²) in [7, 11) is -0.978. The largest absolute Gasteiger partial charge is 0.313 e. The molecule has 2 heteroatoms. The first-order chi connectivity index (χ1) is 5.64. The maximum atomic E-state index is 3.46. The zero-order chi connectivity index (χ0) is 9.03. The van der Waals surface area contributed by atoms with Crippen LogP contribution in [-0.4, -0.2) is 21.2 Å². The summed E-state index contributed by atoms with van der Waals surface area (Å²) in [5.41, 5.74) is 2.49. The van der Waals surface area contributed by atoms with Crippen molar-refractivity contribution in [2.45, 2.75) is 32.5 Å². The predicted octanol–water partition coefficient (Wildman–Crippen LogP) is 2.42. The van der Waals surface area contributed by atoms with Crippen LogP contribution in [0.15, 0.2) is 11.8 Å². The predicted molar refractivity (Wildman–Crippen MR) is 58.1 cm³/mol. The lowest BCUT2D eigenvalue weighted by Crippen LogP contribution is -2.34. The molecule has 1 heterocycles. The van der Waals surface area contributed by atoms with Gasteiger partial charge in [-0.1, -0.05) is 44.3 Å². The first kappa shape index (κ1) is 10.0. The number of hydrogen-bond donors (Lipinski definition) is 1. The summed E-state index contributed by atoms with van der Waals surface area (Å²) in [6.07, 6.45) is 3.65. The molecule has 1 aliphatic heterocycles. The summed E-state index contributed by atoms with van der Waals surface area (Å²) in [5.74, 6) is 0.914. The van der Waals surface area contributed by atoms with Gasteiger partial charge in [-0.05, 0) is 12.5 Å². The van der Waals surface area contributed by atoms with Crippen molar-refractivity contribution in [1.29, 1.82) is 0 Å². The Morgan fingerprint density at radius 3 is 2.92 bits per heavy atom. The van der Waals surface area contributed by atoms with E-state index in [0.29, 0.717) is 0 Å². The molecule has 0 fully saturated rings. The highest BCUT2D eigenvalue weighted by Gasteiger charge is 2.22. The number of rotatable bonds is 1. The topological polar surface area (TPSA) is 12.0 Å². The van der Waals surface area contributed by atoms with Crippen LogP contribution >= 0.6 is 0 Å². The molecule has 12 heavy (non-hydrogen) atoms. The molecular weight excluding hydrogens is 162 g/mol. The first-order valence-corrected chi connectivity index (χ1v) is 8.31. The zero-order valence-electron chi connectivity index (χ0n) is 8.56. The minimum Gasteiger partial charge on any atom is -0.313 e. The molecule has 0 amide bonds. The lowest BCUT2D eigenvalue weighted by molar-refractivity contribution is 0.508. The van der Waals surface area contributed by atoms with Gasteiger partial charge in [0, 0.05) is 6.54 Å². The number of hydrogen-bond acceptors (Lipinski definition) is 1. The zero-order valence-corrected chi connectivity index (χ0v) is 9.56. The summed E-state index contributed by atoms with van der Waals surface area (Å²) in [4.78, 5) is 0. The van der Waals surface area contributed by atoms with E-state index in [0.717, 1.165) is 12.5 Å². The molecular formula is C10H21NSi. The van der Waals surface area contributed by atoms with E-state index < -0.39 is 8.07 Å². The maximum absolute atomic E-state index is 3.46. The van der Waals surface area contributed by atoms with Crippen LogP contribution in [0.5, 0.6) is 0 Å². The molecule has 1 atom stereocenters. The molecule has 1 rings (SSSR count). The van der Waals surface area contributed by atoms with Gasteiger partial charge in [-0.15, -0.1) is 0 Å². The molecule has 0 radical (unpaired) electrons. The molecule has 0 saturated carbocycles. The van der Waals surface area contributed by atoms with Crippen molar-refractivity contribution in [2.75, 3.05) is 13.1 Å². The van der Waals surface area contributed by atoms with Gasteiger partial charge in [0.05, 0.1) is 8.07 Å². The van der Waals surface area contributed by atoms with Crippen LogP contribution in [0, 0.1) is 5.92 Å². The van der Waals surface area contributed by atoms with Gasteiger partial charge in [-0.25, -0.2) is 0 Å². The monoisotopic (exact) mass is 183 g/mol. The molecule has 0 saturated heterocycles. The third-order valence-corrected chi connectivity index (χ3v) is 5.42. The van der Waals surface area contributed by atoms with Crippen LogP contribution in [0.4, 0.5) is 0 Å². The van der Waals surface area contributed by atoms with Crippen molar-refractivity contribution in [3.8, 4) is 0 Å². The highest BCUT2D eigenvalue weighted by atomic mass is 28.3. The van der Waals surface area contributed by atoms with E-state index in [2.05, 4.69) is 37.1 Å². The van der Waals surface area contributed by atoms with Gasteiger partial charge < -0.3 is 5.32 Å². The fourth-order valence-corrected chi connectivity index (χ4v) is 4.73. The quantitative estimate of drug-likeness (QED) is 0.616. The summed E-state index contributed by atoms with van der Waals surface area (Å²) in [6, 6.07) is 1.45. The highest BCUT2D eigenvalue weighted by molar-refractivity contribution is 6.82. The van der Waals surface area contributed by atoms with Crippen LogP contribution in [0.25, 0.3) is 0 Å². The average molecular weight is 183 g/mol. The van der Waals surface area contributed by atoms with Crippen LogP contribution in [0.1, 0.15) is 13.3 Å². The van der Waals surface area contributed by atoms with Gasteiger partial charge in [-0.2, -0.15) is 0 Å². The SMILES string of the molecule is CCC1CNC/C=C\[Si](C)(C)C1. The van der Waals surface area contributed by atoms with Gasteiger partial charge >= 0.3 is 0 Å². The van der Waals surface area contributed by atoms with E-state index in [1.165, 1.54) is 19.0 Å². The molecule has 1 aliphatic rings. The van der Waals surface area contributed by atoms with Crippen LogP contribution in [0.2, 0.25) is 19.1 Å². The third-order valence-electron chi connectivity index (χ3n) is 2.66. The van der Waals surface area contributed by atoms with E-state index in [1.807, 2.05) is 0 Å². The Balaban J connectivity index is 2.58. The van der Waals surface area contributed by atoms with Crippen LogP contribution < -0.4 is 5.32 Å². The van der Waals surface area contributed by atoms with E-state index in [-0.39, 0.29) is 0 Å². The van der Waals surface area contributed by atoms with Crippen molar-refractivity contribution in [2.24, 2.45) is 5.92 Å².